The lowest BCUT2D eigenvalue weighted by molar-refractivity contribution is -0.167. The predicted molar refractivity (Wildman–Crippen MR) is 289 cm³/mol. The van der Waals surface area contributed by atoms with Gasteiger partial charge in [0.1, 0.15) is 13.2 Å². The summed E-state index contributed by atoms with van der Waals surface area (Å²) in [5.74, 6) is 1.72. The molecular weight excluding hydrogens is 829 g/mol. The van der Waals surface area contributed by atoms with Gasteiger partial charge in [0.2, 0.25) is 0 Å². The maximum absolute atomic E-state index is 12.9. The number of carbonyl (C=O) groups is 3. The summed E-state index contributed by atoms with van der Waals surface area (Å²) in [5, 5.41) is 0. The van der Waals surface area contributed by atoms with Crippen LogP contribution >= 0.6 is 0 Å². The van der Waals surface area contributed by atoms with Crippen molar-refractivity contribution >= 4 is 17.9 Å². The van der Waals surface area contributed by atoms with Gasteiger partial charge in [-0.2, -0.15) is 0 Å². The Balaban J connectivity index is 4.30. The van der Waals surface area contributed by atoms with Crippen LogP contribution in [0.3, 0.4) is 0 Å². The van der Waals surface area contributed by atoms with E-state index in [1.807, 2.05) is 0 Å². The highest BCUT2D eigenvalue weighted by Gasteiger charge is 2.19. The molecule has 0 fully saturated rings. The zero-order chi connectivity index (χ0) is 49.1. The first-order valence-electron chi connectivity index (χ1n) is 30.1. The van der Waals surface area contributed by atoms with Gasteiger partial charge in [0.15, 0.2) is 6.10 Å². The van der Waals surface area contributed by atoms with E-state index >= 15 is 0 Å². The Hall–Kier alpha value is -1.59. The molecule has 0 amide bonds. The van der Waals surface area contributed by atoms with Crippen LogP contribution in [0.2, 0.25) is 0 Å². The van der Waals surface area contributed by atoms with Gasteiger partial charge in [-0.25, -0.2) is 0 Å². The lowest BCUT2D eigenvalue weighted by atomic mass is 9.99. The molecule has 1 unspecified atom stereocenters. The molecule has 0 rings (SSSR count). The van der Waals surface area contributed by atoms with Gasteiger partial charge >= 0.3 is 17.9 Å². The number of ether oxygens (including phenoxy) is 3. The smallest absolute Gasteiger partial charge is 0.306 e. The summed E-state index contributed by atoms with van der Waals surface area (Å²) in [4.78, 5) is 38.2. The molecule has 0 spiro atoms. The number of hydrogen-bond donors (Lipinski definition) is 0. The van der Waals surface area contributed by atoms with Crippen molar-refractivity contribution in [2.45, 2.75) is 343 Å². The van der Waals surface area contributed by atoms with Gasteiger partial charge in [-0.05, 0) is 37.0 Å². The Bertz CT molecular complexity index is 1040. The van der Waals surface area contributed by atoms with Crippen molar-refractivity contribution in [1.82, 2.24) is 0 Å². The van der Waals surface area contributed by atoms with Crippen molar-refractivity contribution < 1.29 is 28.6 Å². The molecule has 0 saturated heterocycles. The highest BCUT2D eigenvalue weighted by atomic mass is 16.6. The first kappa shape index (κ1) is 65.4. The summed E-state index contributed by atoms with van der Waals surface area (Å²) in [6.45, 7) is 13.8. The van der Waals surface area contributed by atoms with Crippen molar-refractivity contribution in [3.8, 4) is 0 Å². The van der Waals surface area contributed by atoms with Crippen LogP contribution < -0.4 is 0 Å². The number of rotatable bonds is 54. The second kappa shape index (κ2) is 52.2. The van der Waals surface area contributed by atoms with Crippen LogP contribution in [-0.2, 0) is 28.6 Å². The molecule has 6 nitrogen and oxygen atoms in total. The molecule has 2 atom stereocenters. The lowest BCUT2D eigenvalue weighted by Gasteiger charge is -2.18. The highest BCUT2D eigenvalue weighted by Crippen LogP contribution is 2.19. The van der Waals surface area contributed by atoms with Gasteiger partial charge in [-0.3, -0.25) is 14.4 Å². The zero-order valence-corrected chi connectivity index (χ0v) is 46.2. The van der Waals surface area contributed by atoms with Gasteiger partial charge in [0.05, 0.1) is 0 Å². The third-order valence-corrected chi connectivity index (χ3v) is 14.3. The molecule has 398 valence electrons. The number of unbranched alkanes of at least 4 members (excludes halogenated alkanes) is 36. The van der Waals surface area contributed by atoms with Crippen molar-refractivity contribution in [3.05, 3.63) is 0 Å². The molecule has 67 heavy (non-hydrogen) atoms. The second-order valence-corrected chi connectivity index (χ2v) is 22.2. The van der Waals surface area contributed by atoms with E-state index in [9.17, 15) is 14.4 Å². The third-order valence-electron chi connectivity index (χ3n) is 14.3. The fraction of sp³-hybridized carbons (Fsp3) is 0.951. The summed E-state index contributed by atoms with van der Waals surface area (Å²) in [6, 6.07) is 0. The van der Waals surface area contributed by atoms with Gasteiger partial charge in [-0.1, -0.05) is 298 Å². The minimum Gasteiger partial charge on any atom is -0.462 e. The minimum atomic E-state index is -0.764. The third kappa shape index (κ3) is 53.6. The van der Waals surface area contributed by atoms with Crippen LogP contribution in [0.1, 0.15) is 337 Å². The maximum atomic E-state index is 12.9. The van der Waals surface area contributed by atoms with Crippen LogP contribution in [0.25, 0.3) is 0 Å². The van der Waals surface area contributed by atoms with E-state index in [1.54, 1.807) is 0 Å². The van der Waals surface area contributed by atoms with Crippen LogP contribution in [0.15, 0.2) is 0 Å². The maximum Gasteiger partial charge on any atom is 0.306 e. The molecule has 0 aliphatic carbocycles. The minimum absolute atomic E-state index is 0.0633. The lowest BCUT2D eigenvalue weighted by Crippen LogP contribution is -2.30. The molecule has 0 N–H and O–H groups in total. The van der Waals surface area contributed by atoms with Crippen LogP contribution in [0.4, 0.5) is 0 Å². The van der Waals surface area contributed by atoms with Crippen molar-refractivity contribution in [1.29, 1.82) is 0 Å². The van der Waals surface area contributed by atoms with E-state index in [-0.39, 0.29) is 31.1 Å². The average Bonchev–Trinajstić information content (AvgIpc) is 3.30. The highest BCUT2D eigenvalue weighted by molar-refractivity contribution is 5.71. The first-order valence-corrected chi connectivity index (χ1v) is 30.1. The van der Waals surface area contributed by atoms with Crippen LogP contribution in [-0.4, -0.2) is 37.2 Å². The molecule has 0 bridgehead atoms. The number of hydrogen-bond acceptors (Lipinski definition) is 6. The van der Waals surface area contributed by atoms with E-state index < -0.39 is 6.10 Å². The molecule has 0 radical (unpaired) electrons. The van der Waals surface area contributed by atoms with Crippen molar-refractivity contribution in [2.24, 2.45) is 17.8 Å². The fourth-order valence-corrected chi connectivity index (χ4v) is 9.32. The molecule has 0 aliphatic rings. The molecule has 6 heteroatoms. The average molecular weight is 948 g/mol. The van der Waals surface area contributed by atoms with Gasteiger partial charge in [0, 0.05) is 19.3 Å². The number of esters is 3. The largest absolute Gasteiger partial charge is 0.462 e. The molecule has 0 heterocycles. The topological polar surface area (TPSA) is 78.9 Å². The summed E-state index contributed by atoms with van der Waals surface area (Å²) in [5.41, 5.74) is 0. The SMILES string of the molecule is CCC(C)CCCCCCCCCCCCC(=O)OC[C@H](COC(=O)CCCCCCCCCCCCCCCC(C)C)OC(=O)CCCCCCCCCCCCCCCCCCC(C)C. The summed E-state index contributed by atoms with van der Waals surface area (Å²) < 4.78 is 16.9. The van der Waals surface area contributed by atoms with Crippen molar-refractivity contribution in [3.63, 3.8) is 0 Å². The number of carbonyl (C=O) groups excluding carboxylic acids is 3. The molecular formula is C61H118O6. The van der Waals surface area contributed by atoms with Crippen molar-refractivity contribution in [2.75, 3.05) is 13.2 Å². The Morgan fingerprint density at radius 2 is 0.522 bits per heavy atom. The summed E-state index contributed by atoms with van der Waals surface area (Å²) in [7, 11) is 0. The summed E-state index contributed by atoms with van der Waals surface area (Å²) >= 11 is 0. The van der Waals surface area contributed by atoms with E-state index in [1.165, 1.54) is 218 Å². The predicted octanol–water partition coefficient (Wildman–Crippen LogP) is 19.9. The van der Waals surface area contributed by atoms with E-state index in [0.29, 0.717) is 19.3 Å². The Morgan fingerprint density at radius 3 is 0.776 bits per heavy atom. The van der Waals surface area contributed by atoms with E-state index in [4.69, 9.17) is 14.2 Å². The fourth-order valence-electron chi connectivity index (χ4n) is 9.32. The van der Waals surface area contributed by atoms with Gasteiger partial charge in [0.25, 0.3) is 0 Å². The molecule has 0 aromatic carbocycles. The Morgan fingerprint density at radius 1 is 0.299 bits per heavy atom. The molecule has 0 aliphatic heterocycles. The van der Waals surface area contributed by atoms with Gasteiger partial charge < -0.3 is 14.2 Å². The van der Waals surface area contributed by atoms with E-state index in [0.717, 1.165) is 75.5 Å². The molecule has 0 aromatic rings. The quantitative estimate of drug-likeness (QED) is 0.0343. The summed E-state index contributed by atoms with van der Waals surface area (Å²) in [6.07, 6.45) is 55.2. The zero-order valence-electron chi connectivity index (χ0n) is 46.2. The molecule has 0 saturated carbocycles. The van der Waals surface area contributed by atoms with Crippen LogP contribution in [0.5, 0.6) is 0 Å². The molecule has 0 aromatic heterocycles. The second-order valence-electron chi connectivity index (χ2n) is 22.2. The van der Waals surface area contributed by atoms with E-state index in [2.05, 4.69) is 41.5 Å². The van der Waals surface area contributed by atoms with Gasteiger partial charge in [-0.15, -0.1) is 0 Å². The monoisotopic (exact) mass is 947 g/mol. The standard InChI is InChI=1S/C61H118O6/c1-7-57(6)49-43-37-31-25-21-22-27-33-39-45-51-60(63)66-54-58(53-65-59(62)50-44-38-32-26-19-16-12-14-18-24-30-36-42-48-56(4)5)67-61(64)52-46-40-34-28-20-15-11-9-8-10-13-17-23-29-35-41-47-55(2)3/h55-58H,7-54H2,1-6H3/t57?,58-/m0/s1. The Labute approximate surface area is 418 Å². The first-order chi connectivity index (χ1) is 32.6. The van der Waals surface area contributed by atoms with Crippen LogP contribution in [0, 0.1) is 17.8 Å². The normalized spacial score (nSPS) is 12.5. The Kier molecular flexibility index (Phi) is 51.0.